The van der Waals surface area contributed by atoms with Gasteiger partial charge in [-0.05, 0) is 30.2 Å². The second-order valence-electron chi connectivity index (χ2n) is 9.20. The molecule has 9 heteroatoms. The zero-order valence-corrected chi connectivity index (χ0v) is 23.3. The maximum atomic E-state index is 12.9. The predicted molar refractivity (Wildman–Crippen MR) is 155 cm³/mol. The fourth-order valence-electron chi connectivity index (χ4n) is 4.54. The highest BCUT2D eigenvalue weighted by atomic mass is 35.5. The van der Waals surface area contributed by atoms with Crippen molar-refractivity contribution in [2.75, 3.05) is 31.9 Å². The molecule has 0 radical (unpaired) electrons. The number of halogens is 2. The Balaban J connectivity index is 1.17. The van der Waals surface area contributed by atoms with Gasteiger partial charge in [-0.1, -0.05) is 95.6 Å². The van der Waals surface area contributed by atoms with Gasteiger partial charge in [-0.3, -0.25) is 14.3 Å². The Hall–Kier alpha value is -2.84. The third kappa shape index (κ3) is 6.59. The third-order valence-electron chi connectivity index (χ3n) is 6.57. The van der Waals surface area contributed by atoms with E-state index < -0.39 is 0 Å². The van der Waals surface area contributed by atoms with Crippen molar-refractivity contribution < 1.29 is 4.79 Å². The predicted octanol–water partition coefficient (Wildman–Crippen LogP) is 6.46. The number of carbonyl (C=O) groups excluding carboxylic acids is 1. The zero-order valence-electron chi connectivity index (χ0n) is 21.0. The lowest BCUT2D eigenvalue weighted by molar-refractivity contribution is -0.133. The molecule has 1 aliphatic rings. The summed E-state index contributed by atoms with van der Waals surface area (Å²) in [5, 5.41) is 10.7. The zero-order chi connectivity index (χ0) is 26.3. The van der Waals surface area contributed by atoms with E-state index in [0.717, 1.165) is 67.1 Å². The van der Waals surface area contributed by atoms with E-state index in [-0.39, 0.29) is 5.91 Å². The molecule has 0 bridgehead atoms. The number of piperazine rings is 1. The summed E-state index contributed by atoms with van der Waals surface area (Å²) in [4.78, 5) is 17.3. The molecule has 2 heterocycles. The van der Waals surface area contributed by atoms with Gasteiger partial charge in [0.05, 0.1) is 15.7 Å². The van der Waals surface area contributed by atoms with Crippen molar-refractivity contribution in [2.45, 2.75) is 24.5 Å². The van der Waals surface area contributed by atoms with Crippen LogP contribution in [-0.2, 0) is 11.3 Å². The summed E-state index contributed by atoms with van der Waals surface area (Å²) >= 11 is 14.1. The highest BCUT2D eigenvalue weighted by Gasteiger charge is 2.21. The molecular formula is C29H29Cl2N5OS. The van der Waals surface area contributed by atoms with Crippen LogP contribution in [0.4, 0.5) is 0 Å². The van der Waals surface area contributed by atoms with Crippen molar-refractivity contribution in [3.63, 3.8) is 0 Å². The summed E-state index contributed by atoms with van der Waals surface area (Å²) in [7, 11) is 0. The van der Waals surface area contributed by atoms with Gasteiger partial charge in [0.15, 0.2) is 11.0 Å². The van der Waals surface area contributed by atoms with Gasteiger partial charge in [-0.15, -0.1) is 10.2 Å². The molecule has 0 spiro atoms. The standard InChI is InChI=1S/C29H29Cl2N5OS/c30-25-14-13-24(20-26(25)31)36-28(23-10-5-2-6-11-23)32-33-29(36)38-19-7-12-27(37)35-17-15-34(16-18-35)21-22-8-3-1-4-9-22/h1-6,8-11,13-14,20H,7,12,15-19,21H2. The summed E-state index contributed by atoms with van der Waals surface area (Å²) in [6.07, 6.45) is 1.29. The quantitative estimate of drug-likeness (QED) is 0.172. The molecule has 1 fully saturated rings. The lowest BCUT2D eigenvalue weighted by atomic mass is 10.2. The minimum Gasteiger partial charge on any atom is -0.340 e. The van der Waals surface area contributed by atoms with Crippen molar-refractivity contribution in [1.29, 1.82) is 0 Å². The van der Waals surface area contributed by atoms with Gasteiger partial charge in [0, 0.05) is 50.5 Å². The maximum Gasteiger partial charge on any atom is 0.222 e. The van der Waals surface area contributed by atoms with E-state index in [4.69, 9.17) is 23.2 Å². The molecular weight excluding hydrogens is 537 g/mol. The fourth-order valence-corrected chi connectivity index (χ4v) is 5.72. The first-order chi connectivity index (χ1) is 18.6. The Kier molecular flexibility index (Phi) is 9.02. The second kappa shape index (κ2) is 12.8. The molecule has 196 valence electrons. The summed E-state index contributed by atoms with van der Waals surface area (Å²) in [5.74, 6) is 1.71. The average molecular weight is 567 g/mol. The maximum absolute atomic E-state index is 12.9. The van der Waals surface area contributed by atoms with Crippen LogP contribution in [-0.4, -0.2) is 62.4 Å². The van der Waals surface area contributed by atoms with Gasteiger partial charge in [-0.2, -0.15) is 0 Å². The third-order valence-corrected chi connectivity index (χ3v) is 8.32. The summed E-state index contributed by atoms with van der Waals surface area (Å²) in [5.41, 5.74) is 3.11. The van der Waals surface area contributed by atoms with Crippen LogP contribution >= 0.6 is 35.0 Å². The SMILES string of the molecule is O=C(CCCSc1nnc(-c2ccccc2)n1-c1ccc(Cl)c(Cl)c1)N1CCN(Cc2ccccc2)CC1. The van der Waals surface area contributed by atoms with E-state index in [9.17, 15) is 4.79 Å². The number of aromatic nitrogens is 3. The van der Waals surface area contributed by atoms with E-state index in [0.29, 0.717) is 16.5 Å². The molecule has 3 aromatic carbocycles. The molecule has 1 saturated heterocycles. The minimum absolute atomic E-state index is 0.223. The Morgan fingerprint density at radius 3 is 2.26 bits per heavy atom. The number of benzene rings is 3. The Labute approximate surface area is 237 Å². The summed E-state index contributed by atoms with van der Waals surface area (Å²) in [6.45, 7) is 4.31. The van der Waals surface area contributed by atoms with E-state index in [1.54, 1.807) is 17.8 Å². The molecule has 0 saturated carbocycles. The van der Waals surface area contributed by atoms with Crippen LogP contribution in [0.5, 0.6) is 0 Å². The average Bonchev–Trinajstić information content (AvgIpc) is 3.38. The van der Waals surface area contributed by atoms with Crippen LogP contribution in [0.3, 0.4) is 0 Å². The van der Waals surface area contributed by atoms with Crippen LogP contribution < -0.4 is 0 Å². The topological polar surface area (TPSA) is 54.3 Å². The molecule has 1 aliphatic heterocycles. The Bertz CT molecular complexity index is 1360. The summed E-state index contributed by atoms with van der Waals surface area (Å²) < 4.78 is 2.00. The number of hydrogen-bond donors (Lipinski definition) is 0. The van der Waals surface area contributed by atoms with Crippen molar-refractivity contribution in [3.8, 4) is 17.1 Å². The van der Waals surface area contributed by atoms with Crippen LogP contribution in [0.15, 0.2) is 84.0 Å². The number of thioether (sulfide) groups is 1. The second-order valence-corrected chi connectivity index (χ2v) is 11.1. The molecule has 4 aromatic rings. The van der Waals surface area contributed by atoms with Gasteiger partial charge in [0.25, 0.3) is 0 Å². The lowest BCUT2D eigenvalue weighted by Gasteiger charge is -2.34. The molecule has 1 amide bonds. The molecule has 5 rings (SSSR count). The highest BCUT2D eigenvalue weighted by Crippen LogP contribution is 2.31. The molecule has 1 aromatic heterocycles. The normalized spacial score (nSPS) is 14.1. The van der Waals surface area contributed by atoms with Crippen LogP contribution in [0, 0.1) is 0 Å². The molecule has 0 aliphatic carbocycles. The van der Waals surface area contributed by atoms with Crippen molar-refractivity contribution >= 4 is 40.9 Å². The van der Waals surface area contributed by atoms with Gasteiger partial charge in [0.2, 0.25) is 5.91 Å². The van der Waals surface area contributed by atoms with E-state index in [2.05, 4.69) is 39.4 Å². The Morgan fingerprint density at radius 1 is 0.842 bits per heavy atom. The first kappa shape index (κ1) is 26.8. The number of rotatable bonds is 9. The van der Waals surface area contributed by atoms with Crippen LogP contribution in [0.25, 0.3) is 17.1 Å². The van der Waals surface area contributed by atoms with Gasteiger partial charge < -0.3 is 4.90 Å². The smallest absolute Gasteiger partial charge is 0.222 e. The van der Waals surface area contributed by atoms with Crippen LogP contribution in [0.1, 0.15) is 18.4 Å². The van der Waals surface area contributed by atoms with E-state index in [1.165, 1.54) is 5.56 Å². The number of carbonyl (C=O) groups is 1. The first-order valence-electron chi connectivity index (χ1n) is 12.7. The minimum atomic E-state index is 0.223. The number of amides is 1. The number of hydrogen-bond acceptors (Lipinski definition) is 5. The van der Waals surface area contributed by atoms with Gasteiger partial charge in [0.1, 0.15) is 0 Å². The largest absolute Gasteiger partial charge is 0.340 e. The molecule has 0 unspecified atom stereocenters. The van der Waals surface area contributed by atoms with E-state index >= 15 is 0 Å². The van der Waals surface area contributed by atoms with Crippen LogP contribution in [0.2, 0.25) is 10.0 Å². The monoisotopic (exact) mass is 565 g/mol. The summed E-state index contributed by atoms with van der Waals surface area (Å²) in [6, 6.07) is 25.9. The molecule has 38 heavy (non-hydrogen) atoms. The van der Waals surface area contributed by atoms with Crippen molar-refractivity contribution in [2.24, 2.45) is 0 Å². The molecule has 0 atom stereocenters. The highest BCUT2D eigenvalue weighted by molar-refractivity contribution is 7.99. The first-order valence-corrected chi connectivity index (χ1v) is 14.5. The molecule has 0 N–H and O–H groups in total. The number of nitrogens with zero attached hydrogens (tertiary/aromatic N) is 5. The fraction of sp³-hybridized carbons (Fsp3) is 0.276. The molecule has 6 nitrogen and oxygen atoms in total. The van der Waals surface area contributed by atoms with Gasteiger partial charge in [-0.25, -0.2) is 0 Å². The Morgan fingerprint density at radius 2 is 1.55 bits per heavy atom. The lowest BCUT2D eigenvalue weighted by Crippen LogP contribution is -2.48. The van der Waals surface area contributed by atoms with Gasteiger partial charge >= 0.3 is 0 Å². The van der Waals surface area contributed by atoms with Crippen molar-refractivity contribution in [3.05, 3.63) is 94.5 Å². The van der Waals surface area contributed by atoms with E-state index in [1.807, 2.05) is 58.0 Å². The van der Waals surface area contributed by atoms with Crippen molar-refractivity contribution in [1.82, 2.24) is 24.6 Å².